The fraction of sp³-hybridized carbons (Fsp3) is 0.692. The van der Waals surface area contributed by atoms with E-state index in [2.05, 4.69) is 22.2 Å². The summed E-state index contributed by atoms with van der Waals surface area (Å²) in [7, 11) is 0. The average Bonchev–Trinajstić information content (AvgIpc) is 2.36. The first-order valence-electron chi connectivity index (χ1n) is 6.42. The van der Waals surface area contributed by atoms with E-state index < -0.39 is 0 Å². The molecule has 1 saturated carbocycles. The summed E-state index contributed by atoms with van der Waals surface area (Å²) >= 11 is 0. The van der Waals surface area contributed by atoms with Crippen molar-refractivity contribution < 1.29 is 4.39 Å². The van der Waals surface area contributed by atoms with Crippen LogP contribution in [0.15, 0.2) is 6.33 Å². The molecule has 0 aromatic carbocycles. The van der Waals surface area contributed by atoms with E-state index in [-0.39, 0.29) is 11.9 Å². The number of nitrogens with zero attached hydrogens (tertiary/aromatic N) is 2. The predicted molar refractivity (Wildman–Crippen MR) is 66.4 cm³/mol. The van der Waals surface area contributed by atoms with E-state index in [1.165, 1.54) is 38.4 Å². The Balaban J connectivity index is 2.01. The van der Waals surface area contributed by atoms with Crippen LogP contribution >= 0.6 is 0 Å². The zero-order valence-electron chi connectivity index (χ0n) is 10.5. The van der Waals surface area contributed by atoms with Gasteiger partial charge in [0.25, 0.3) is 0 Å². The van der Waals surface area contributed by atoms with Crippen molar-refractivity contribution in [2.24, 2.45) is 5.92 Å². The molecule has 0 aliphatic heterocycles. The normalized spacial score (nSPS) is 19.0. The molecule has 0 amide bonds. The molecule has 1 heterocycles. The lowest BCUT2D eigenvalue weighted by molar-refractivity contribution is 0.327. The highest BCUT2D eigenvalue weighted by atomic mass is 19.1. The summed E-state index contributed by atoms with van der Waals surface area (Å²) < 4.78 is 13.7. The molecule has 2 rings (SSSR count). The maximum Gasteiger partial charge on any atom is 0.186 e. The van der Waals surface area contributed by atoms with E-state index >= 15 is 0 Å². The summed E-state index contributed by atoms with van der Waals surface area (Å²) in [5, 5.41) is 3.19. The van der Waals surface area contributed by atoms with Gasteiger partial charge in [0.15, 0.2) is 11.6 Å². The summed E-state index contributed by atoms with van der Waals surface area (Å²) in [6.45, 7) is 3.78. The first-order valence-corrected chi connectivity index (χ1v) is 6.42. The molecule has 1 atom stereocenters. The Bertz CT molecular complexity index is 375. The Hall–Kier alpha value is -1.19. The lowest BCUT2D eigenvalue weighted by atomic mass is 9.84. The SMILES string of the molecule is Cc1ncnc(NC(C)C2CCCCC2)c1F. The monoisotopic (exact) mass is 237 g/mol. The van der Waals surface area contributed by atoms with Gasteiger partial charge in [0.1, 0.15) is 6.33 Å². The van der Waals surface area contributed by atoms with Crippen molar-refractivity contribution in [1.82, 2.24) is 9.97 Å². The molecule has 0 saturated heterocycles. The molecule has 4 heteroatoms. The number of aromatic nitrogens is 2. The molecule has 1 unspecified atom stereocenters. The number of hydrogen-bond acceptors (Lipinski definition) is 3. The van der Waals surface area contributed by atoms with E-state index in [9.17, 15) is 4.39 Å². The summed E-state index contributed by atoms with van der Waals surface area (Å²) in [5.41, 5.74) is 0.401. The van der Waals surface area contributed by atoms with Crippen LogP contribution in [0.3, 0.4) is 0 Å². The van der Waals surface area contributed by atoms with Crippen molar-refractivity contribution in [1.29, 1.82) is 0 Å². The van der Waals surface area contributed by atoms with Crippen LogP contribution < -0.4 is 5.32 Å². The molecular weight excluding hydrogens is 217 g/mol. The fourth-order valence-corrected chi connectivity index (χ4v) is 2.53. The quantitative estimate of drug-likeness (QED) is 0.876. The van der Waals surface area contributed by atoms with Gasteiger partial charge >= 0.3 is 0 Å². The molecule has 0 spiro atoms. The van der Waals surface area contributed by atoms with E-state index in [4.69, 9.17) is 0 Å². The Morgan fingerprint density at radius 1 is 1.29 bits per heavy atom. The summed E-state index contributed by atoms with van der Waals surface area (Å²) in [4.78, 5) is 7.81. The summed E-state index contributed by atoms with van der Waals surface area (Å²) in [5.74, 6) is 0.657. The minimum Gasteiger partial charge on any atom is -0.365 e. The van der Waals surface area contributed by atoms with Crippen LogP contribution in [0.4, 0.5) is 10.2 Å². The molecule has 1 N–H and O–H groups in total. The number of rotatable bonds is 3. The van der Waals surface area contributed by atoms with Crippen molar-refractivity contribution in [3.8, 4) is 0 Å². The lowest BCUT2D eigenvalue weighted by Gasteiger charge is -2.28. The van der Waals surface area contributed by atoms with Crippen LogP contribution in [-0.4, -0.2) is 16.0 Å². The Morgan fingerprint density at radius 3 is 2.71 bits per heavy atom. The largest absolute Gasteiger partial charge is 0.365 e. The molecule has 3 nitrogen and oxygen atoms in total. The Morgan fingerprint density at radius 2 is 2.00 bits per heavy atom. The highest BCUT2D eigenvalue weighted by Crippen LogP contribution is 2.28. The van der Waals surface area contributed by atoms with Crippen LogP contribution in [-0.2, 0) is 0 Å². The van der Waals surface area contributed by atoms with Gasteiger partial charge in [0, 0.05) is 6.04 Å². The van der Waals surface area contributed by atoms with Crippen LogP contribution in [0.2, 0.25) is 0 Å². The number of anilines is 1. The van der Waals surface area contributed by atoms with Gasteiger partial charge in [0.2, 0.25) is 0 Å². The zero-order valence-corrected chi connectivity index (χ0v) is 10.5. The van der Waals surface area contributed by atoms with Crippen molar-refractivity contribution >= 4 is 5.82 Å². The maximum atomic E-state index is 13.7. The average molecular weight is 237 g/mol. The second-order valence-electron chi connectivity index (χ2n) is 4.95. The molecule has 1 fully saturated rings. The number of halogens is 1. The predicted octanol–water partition coefficient (Wildman–Crippen LogP) is 3.30. The number of hydrogen-bond donors (Lipinski definition) is 1. The van der Waals surface area contributed by atoms with Gasteiger partial charge in [-0.3, -0.25) is 0 Å². The van der Waals surface area contributed by atoms with Gasteiger partial charge in [-0.25, -0.2) is 14.4 Å². The highest BCUT2D eigenvalue weighted by Gasteiger charge is 2.21. The molecule has 0 radical (unpaired) electrons. The van der Waals surface area contributed by atoms with Crippen molar-refractivity contribution in [2.45, 2.75) is 52.0 Å². The van der Waals surface area contributed by atoms with Gasteiger partial charge < -0.3 is 5.32 Å². The molecule has 1 aromatic rings. The van der Waals surface area contributed by atoms with Gasteiger partial charge in [-0.1, -0.05) is 19.3 Å². The molecule has 1 aromatic heterocycles. The standard InChI is InChI=1S/C13H20FN3/c1-9(11-6-4-3-5-7-11)17-13-12(14)10(2)15-8-16-13/h8-9,11H,3-7H2,1-2H3,(H,15,16,17). The molecular formula is C13H20FN3. The van der Waals surface area contributed by atoms with Gasteiger partial charge in [-0.15, -0.1) is 0 Å². The van der Waals surface area contributed by atoms with Gasteiger partial charge in [-0.05, 0) is 32.6 Å². The van der Waals surface area contributed by atoms with E-state index in [1.54, 1.807) is 6.92 Å². The first-order chi connectivity index (χ1) is 8.18. The lowest BCUT2D eigenvalue weighted by Crippen LogP contribution is -2.28. The third kappa shape index (κ3) is 2.93. The molecule has 17 heavy (non-hydrogen) atoms. The smallest absolute Gasteiger partial charge is 0.186 e. The van der Waals surface area contributed by atoms with Gasteiger partial charge in [0.05, 0.1) is 5.69 Å². The Kier molecular flexibility index (Phi) is 3.92. The van der Waals surface area contributed by atoms with E-state index in [0.717, 1.165) is 0 Å². The third-order valence-electron chi connectivity index (χ3n) is 3.69. The van der Waals surface area contributed by atoms with E-state index in [1.807, 2.05) is 0 Å². The van der Waals surface area contributed by atoms with Crippen LogP contribution in [0.25, 0.3) is 0 Å². The second kappa shape index (κ2) is 5.43. The van der Waals surface area contributed by atoms with Gasteiger partial charge in [-0.2, -0.15) is 0 Å². The fourth-order valence-electron chi connectivity index (χ4n) is 2.53. The number of nitrogens with one attached hydrogen (secondary N) is 1. The molecule has 94 valence electrons. The summed E-state index contributed by atoms with van der Waals surface area (Å²) in [6.07, 6.45) is 7.81. The first kappa shape index (κ1) is 12.3. The third-order valence-corrected chi connectivity index (χ3v) is 3.69. The second-order valence-corrected chi connectivity index (χ2v) is 4.95. The zero-order chi connectivity index (χ0) is 12.3. The summed E-state index contributed by atoms with van der Waals surface area (Å²) in [6, 6.07) is 0.277. The number of aryl methyl sites for hydroxylation is 1. The topological polar surface area (TPSA) is 37.8 Å². The van der Waals surface area contributed by atoms with Crippen LogP contribution in [0, 0.1) is 18.7 Å². The Labute approximate surface area is 102 Å². The minimum absolute atomic E-state index is 0.277. The highest BCUT2D eigenvalue weighted by molar-refractivity contribution is 5.37. The maximum absolute atomic E-state index is 13.7. The van der Waals surface area contributed by atoms with Crippen molar-refractivity contribution in [2.75, 3.05) is 5.32 Å². The molecule has 0 bridgehead atoms. The van der Waals surface area contributed by atoms with Crippen LogP contribution in [0.5, 0.6) is 0 Å². The molecule has 1 aliphatic carbocycles. The van der Waals surface area contributed by atoms with Crippen LogP contribution in [0.1, 0.15) is 44.7 Å². The molecule has 1 aliphatic rings. The minimum atomic E-state index is -0.324. The van der Waals surface area contributed by atoms with Crippen molar-refractivity contribution in [3.63, 3.8) is 0 Å². The van der Waals surface area contributed by atoms with Crippen molar-refractivity contribution in [3.05, 3.63) is 17.8 Å². The van der Waals surface area contributed by atoms with E-state index in [0.29, 0.717) is 17.4 Å².